The highest BCUT2D eigenvalue weighted by molar-refractivity contribution is 6.06. The first-order valence-electron chi connectivity index (χ1n) is 6.71. The molecule has 0 fully saturated rings. The van der Waals surface area contributed by atoms with Crippen molar-refractivity contribution >= 4 is 17.3 Å². The average molecular weight is 269 g/mol. The Morgan fingerprint density at radius 2 is 2.10 bits per heavy atom. The van der Waals surface area contributed by atoms with Gasteiger partial charge < -0.3 is 10.6 Å². The van der Waals surface area contributed by atoms with Gasteiger partial charge in [0.15, 0.2) is 0 Å². The smallest absolute Gasteiger partial charge is 0.259 e. The Labute approximate surface area is 119 Å². The summed E-state index contributed by atoms with van der Waals surface area (Å²) in [7, 11) is 0. The predicted octanol–water partition coefficient (Wildman–Crippen LogP) is 3.03. The van der Waals surface area contributed by atoms with Crippen LogP contribution in [0.15, 0.2) is 42.7 Å². The van der Waals surface area contributed by atoms with E-state index in [1.165, 1.54) is 0 Å². The molecule has 104 valence electrons. The van der Waals surface area contributed by atoms with E-state index in [0.717, 1.165) is 17.7 Å². The molecular weight excluding hydrogens is 250 g/mol. The Morgan fingerprint density at radius 1 is 1.30 bits per heavy atom. The standard InChI is InChI=1S/C16H19N3O/c1-3-7-19(15-6-4-5-14(17)9-15)16(20)13-8-12(2)10-18-11-13/h4-6,8-11H,3,7,17H2,1-2H3. The van der Waals surface area contributed by atoms with Crippen molar-refractivity contribution in [2.45, 2.75) is 20.3 Å². The number of amides is 1. The van der Waals surface area contributed by atoms with Crippen LogP contribution in [0.4, 0.5) is 11.4 Å². The number of nitrogens with zero attached hydrogens (tertiary/aromatic N) is 2. The third-order valence-electron chi connectivity index (χ3n) is 3.00. The normalized spacial score (nSPS) is 10.3. The van der Waals surface area contributed by atoms with E-state index in [1.54, 1.807) is 17.3 Å². The Balaban J connectivity index is 2.35. The van der Waals surface area contributed by atoms with E-state index < -0.39 is 0 Å². The van der Waals surface area contributed by atoms with Crippen molar-refractivity contribution < 1.29 is 4.79 Å². The highest BCUT2D eigenvalue weighted by atomic mass is 16.2. The van der Waals surface area contributed by atoms with E-state index in [4.69, 9.17) is 5.73 Å². The zero-order chi connectivity index (χ0) is 14.5. The molecule has 1 aromatic carbocycles. The van der Waals surface area contributed by atoms with E-state index in [1.807, 2.05) is 44.2 Å². The second-order valence-corrected chi connectivity index (χ2v) is 4.80. The molecular formula is C16H19N3O. The average Bonchev–Trinajstić information content (AvgIpc) is 2.44. The summed E-state index contributed by atoms with van der Waals surface area (Å²) < 4.78 is 0. The summed E-state index contributed by atoms with van der Waals surface area (Å²) in [5.41, 5.74) is 8.84. The summed E-state index contributed by atoms with van der Waals surface area (Å²) in [4.78, 5) is 18.5. The molecule has 2 rings (SSSR count). The lowest BCUT2D eigenvalue weighted by Gasteiger charge is -2.22. The van der Waals surface area contributed by atoms with Crippen LogP contribution in [0.2, 0.25) is 0 Å². The monoisotopic (exact) mass is 269 g/mol. The van der Waals surface area contributed by atoms with Crippen molar-refractivity contribution in [3.8, 4) is 0 Å². The van der Waals surface area contributed by atoms with Gasteiger partial charge in [0.2, 0.25) is 0 Å². The first-order chi connectivity index (χ1) is 9.61. The molecule has 4 heteroatoms. The van der Waals surface area contributed by atoms with Gasteiger partial charge in [-0.05, 0) is 43.2 Å². The summed E-state index contributed by atoms with van der Waals surface area (Å²) in [6.07, 6.45) is 4.21. The van der Waals surface area contributed by atoms with Crippen molar-refractivity contribution in [2.75, 3.05) is 17.2 Å². The third kappa shape index (κ3) is 3.15. The molecule has 0 aliphatic rings. The van der Waals surface area contributed by atoms with Crippen molar-refractivity contribution in [3.05, 3.63) is 53.9 Å². The number of benzene rings is 1. The number of rotatable bonds is 4. The summed E-state index contributed by atoms with van der Waals surface area (Å²) >= 11 is 0. The molecule has 1 heterocycles. The molecule has 4 nitrogen and oxygen atoms in total. The second kappa shape index (κ2) is 6.19. The minimum absolute atomic E-state index is 0.0475. The van der Waals surface area contributed by atoms with Gasteiger partial charge in [-0.2, -0.15) is 0 Å². The molecule has 1 amide bonds. The zero-order valence-electron chi connectivity index (χ0n) is 11.8. The molecule has 1 aromatic heterocycles. The van der Waals surface area contributed by atoms with Crippen molar-refractivity contribution in [1.82, 2.24) is 4.98 Å². The number of aryl methyl sites for hydroxylation is 1. The lowest BCUT2D eigenvalue weighted by atomic mass is 10.1. The third-order valence-corrected chi connectivity index (χ3v) is 3.00. The number of pyridine rings is 1. The summed E-state index contributed by atoms with van der Waals surface area (Å²) in [5, 5.41) is 0. The largest absolute Gasteiger partial charge is 0.399 e. The van der Waals surface area contributed by atoms with E-state index in [9.17, 15) is 4.79 Å². The summed E-state index contributed by atoms with van der Waals surface area (Å²) in [6, 6.07) is 9.23. The van der Waals surface area contributed by atoms with Crippen LogP contribution in [-0.2, 0) is 0 Å². The van der Waals surface area contributed by atoms with Gasteiger partial charge in [-0.15, -0.1) is 0 Å². The van der Waals surface area contributed by atoms with E-state index in [0.29, 0.717) is 17.8 Å². The molecule has 0 atom stereocenters. The topological polar surface area (TPSA) is 59.2 Å². The molecule has 0 spiro atoms. The quantitative estimate of drug-likeness (QED) is 0.868. The first-order valence-corrected chi connectivity index (χ1v) is 6.71. The molecule has 0 radical (unpaired) electrons. The highest BCUT2D eigenvalue weighted by Gasteiger charge is 2.17. The Kier molecular flexibility index (Phi) is 4.35. The first kappa shape index (κ1) is 14.1. The van der Waals surface area contributed by atoms with Crippen LogP contribution in [0.25, 0.3) is 0 Å². The zero-order valence-corrected chi connectivity index (χ0v) is 11.8. The van der Waals surface area contributed by atoms with Crippen LogP contribution >= 0.6 is 0 Å². The Bertz CT molecular complexity index is 610. The lowest BCUT2D eigenvalue weighted by Crippen LogP contribution is -2.31. The number of nitrogens with two attached hydrogens (primary N) is 1. The SMILES string of the molecule is CCCN(C(=O)c1cncc(C)c1)c1cccc(N)c1. The second-order valence-electron chi connectivity index (χ2n) is 4.80. The van der Waals surface area contributed by atoms with E-state index in [2.05, 4.69) is 4.98 Å². The highest BCUT2D eigenvalue weighted by Crippen LogP contribution is 2.20. The van der Waals surface area contributed by atoms with Gasteiger partial charge in [-0.1, -0.05) is 13.0 Å². The van der Waals surface area contributed by atoms with Crippen molar-refractivity contribution in [3.63, 3.8) is 0 Å². The van der Waals surface area contributed by atoms with Gasteiger partial charge in [0, 0.05) is 30.3 Å². The number of nitrogen functional groups attached to an aromatic ring is 1. The molecule has 0 unspecified atom stereocenters. The number of hydrogen-bond donors (Lipinski definition) is 1. The van der Waals surface area contributed by atoms with E-state index >= 15 is 0 Å². The summed E-state index contributed by atoms with van der Waals surface area (Å²) in [6.45, 7) is 4.62. The fraction of sp³-hybridized carbons (Fsp3) is 0.250. The molecule has 2 aromatic rings. The minimum atomic E-state index is -0.0475. The Hall–Kier alpha value is -2.36. The molecule has 2 N–H and O–H groups in total. The van der Waals surface area contributed by atoms with Crippen LogP contribution in [0.5, 0.6) is 0 Å². The van der Waals surface area contributed by atoms with Gasteiger partial charge in [-0.25, -0.2) is 0 Å². The van der Waals surface area contributed by atoms with Crippen LogP contribution in [-0.4, -0.2) is 17.4 Å². The maximum atomic E-state index is 12.6. The van der Waals surface area contributed by atoms with Crippen LogP contribution in [0.3, 0.4) is 0 Å². The molecule has 0 aliphatic carbocycles. The minimum Gasteiger partial charge on any atom is -0.399 e. The number of carbonyl (C=O) groups excluding carboxylic acids is 1. The molecule has 0 saturated heterocycles. The number of anilines is 2. The van der Waals surface area contributed by atoms with Crippen LogP contribution in [0.1, 0.15) is 29.3 Å². The number of aromatic nitrogens is 1. The Morgan fingerprint density at radius 3 is 2.75 bits per heavy atom. The summed E-state index contributed by atoms with van der Waals surface area (Å²) in [5.74, 6) is -0.0475. The van der Waals surface area contributed by atoms with Gasteiger partial charge in [-0.3, -0.25) is 9.78 Å². The molecule has 20 heavy (non-hydrogen) atoms. The fourth-order valence-corrected chi connectivity index (χ4v) is 2.09. The number of hydrogen-bond acceptors (Lipinski definition) is 3. The lowest BCUT2D eigenvalue weighted by molar-refractivity contribution is 0.0986. The fourth-order valence-electron chi connectivity index (χ4n) is 2.09. The van der Waals surface area contributed by atoms with Gasteiger partial charge >= 0.3 is 0 Å². The van der Waals surface area contributed by atoms with Gasteiger partial charge in [0.25, 0.3) is 5.91 Å². The predicted molar refractivity (Wildman–Crippen MR) is 81.8 cm³/mol. The van der Waals surface area contributed by atoms with Gasteiger partial charge in [0.1, 0.15) is 0 Å². The van der Waals surface area contributed by atoms with Crippen LogP contribution < -0.4 is 10.6 Å². The molecule has 0 aliphatic heterocycles. The van der Waals surface area contributed by atoms with Gasteiger partial charge in [0.05, 0.1) is 5.56 Å². The maximum Gasteiger partial charge on any atom is 0.259 e. The number of carbonyl (C=O) groups is 1. The van der Waals surface area contributed by atoms with E-state index in [-0.39, 0.29) is 5.91 Å². The van der Waals surface area contributed by atoms with Crippen molar-refractivity contribution in [2.24, 2.45) is 0 Å². The molecule has 0 bridgehead atoms. The maximum absolute atomic E-state index is 12.6. The van der Waals surface area contributed by atoms with Crippen molar-refractivity contribution in [1.29, 1.82) is 0 Å². The van der Waals surface area contributed by atoms with Crippen LogP contribution in [0, 0.1) is 6.92 Å². The molecule has 0 saturated carbocycles.